The Hall–Kier alpha value is -1.41. The van der Waals surface area contributed by atoms with Crippen molar-refractivity contribution < 1.29 is 13.2 Å². The van der Waals surface area contributed by atoms with E-state index in [1.165, 1.54) is 6.92 Å². The number of sulfonamides is 1. The minimum atomic E-state index is -3.97. The van der Waals surface area contributed by atoms with Crippen molar-refractivity contribution >= 4 is 15.9 Å². The topological polar surface area (TPSA) is 118 Å². The Morgan fingerprint density at radius 2 is 2.00 bits per heavy atom. The summed E-state index contributed by atoms with van der Waals surface area (Å²) in [6.07, 6.45) is 0.771. The van der Waals surface area contributed by atoms with Crippen molar-refractivity contribution in [2.24, 2.45) is 10.6 Å². The number of nitrogens with two attached hydrogens (primary N) is 1. The highest BCUT2D eigenvalue weighted by atomic mass is 32.2. The molecule has 0 atom stereocenters. The van der Waals surface area contributed by atoms with Crippen molar-refractivity contribution in [1.82, 2.24) is 15.5 Å². The first-order chi connectivity index (χ1) is 8.52. The molecule has 7 nitrogen and oxygen atoms in total. The number of carbonyl (C=O) groups is 1. The maximum absolute atomic E-state index is 11.9. The molecule has 0 bridgehead atoms. The fourth-order valence-electron chi connectivity index (χ4n) is 1.56. The summed E-state index contributed by atoms with van der Waals surface area (Å²) in [7, 11) is -3.97. The molecule has 1 rings (SSSR count). The number of nitrogens with one attached hydrogen (secondary N) is 2. The monoisotopic (exact) mass is 288 g/mol. The number of aryl methyl sites for hydroxylation is 1. The molecule has 0 aliphatic rings. The number of H-pyrrole nitrogens is 1. The lowest BCUT2D eigenvalue weighted by Crippen LogP contribution is -2.29. The average Bonchev–Trinajstić information content (AvgIpc) is 2.57. The van der Waals surface area contributed by atoms with E-state index < -0.39 is 15.9 Å². The molecular weight excluding hydrogens is 268 g/mol. The Kier molecular flexibility index (Phi) is 4.36. The Balaban J connectivity index is 2.85. The van der Waals surface area contributed by atoms with Crippen LogP contribution in [-0.4, -0.2) is 31.1 Å². The summed E-state index contributed by atoms with van der Waals surface area (Å²) in [5.74, 6) is -0.544. The Bertz CT molecular complexity index is 569. The molecule has 0 aromatic carbocycles. The van der Waals surface area contributed by atoms with Gasteiger partial charge < -0.3 is 5.32 Å². The van der Waals surface area contributed by atoms with Gasteiger partial charge in [0.2, 0.25) is 10.0 Å². The van der Waals surface area contributed by atoms with Crippen LogP contribution in [0.4, 0.5) is 0 Å². The number of primary sulfonamides is 1. The third kappa shape index (κ3) is 4.32. The largest absolute Gasteiger partial charge is 0.351 e. The van der Waals surface area contributed by atoms with E-state index in [4.69, 9.17) is 5.14 Å². The second-order valence-corrected chi connectivity index (χ2v) is 7.14. The van der Waals surface area contributed by atoms with E-state index in [1.807, 2.05) is 20.8 Å². The molecule has 0 unspecified atom stereocenters. The molecule has 0 saturated heterocycles. The minimum Gasteiger partial charge on any atom is -0.351 e. The highest BCUT2D eigenvalue weighted by Crippen LogP contribution is 2.18. The molecule has 1 heterocycles. The third-order valence-electron chi connectivity index (χ3n) is 2.55. The zero-order valence-corrected chi connectivity index (χ0v) is 12.4. The van der Waals surface area contributed by atoms with E-state index in [2.05, 4.69) is 15.5 Å². The van der Waals surface area contributed by atoms with Crippen LogP contribution in [-0.2, 0) is 10.0 Å². The van der Waals surface area contributed by atoms with E-state index in [9.17, 15) is 13.2 Å². The Labute approximate surface area is 113 Å². The molecule has 0 fully saturated rings. The number of nitrogens with zero attached hydrogens (tertiary/aromatic N) is 1. The van der Waals surface area contributed by atoms with Gasteiger partial charge in [0.05, 0.1) is 5.69 Å². The van der Waals surface area contributed by atoms with Gasteiger partial charge in [-0.25, -0.2) is 13.6 Å². The third-order valence-corrected chi connectivity index (χ3v) is 3.62. The summed E-state index contributed by atoms with van der Waals surface area (Å²) < 4.78 is 22.8. The second kappa shape index (κ2) is 5.30. The number of aromatic nitrogens is 2. The summed E-state index contributed by atoms with van der Waals surface area (Å²) in [6.45, 7) is 8.09. The van der Waals surface area contributed by atoms with Gasteiger partial charge >= 0.3 is 0 Å². The first kappa shape index (κ1) is 15.6. The van der Waals surface area contributed by atoms with Crippen LogP contribution in [0.2, 0.25) is 0 Å². The van der Waals surface area contributed by atoms with Gasteiger partial charge in [-0.1, -0.05) is 20.8 Å². The van der Waals surface area contributed by atoms with E-state index in [-0.39, 0.29) is 21.7 Å². The molecule has 0 aliphatic heterocycles. The molecule has 1 aromatic heterocycles. The lowest BCUT2D eigenvalue weighted by molar-refractivity contribution is 0.0941. The lowest BCUT2D eigenvalue weighted by Gasteiger charge is -2.17. The maximum Gasteiger partial charge on any atom is 0.273 e. The Morgan fingerprint density at radius 3 is 2.47 bits per heavy atom. The first-order valence-corrected chi connectivity index (χ1v) is 7.43. The van der Waals surface area contributed by atoms with Gasteiger partial charge in [-0.2, -0.15) is 5.10 Å². The zero-order chi connectivity index (χ0) is 14.8. The van der Waals surface area contributed by atoms with Gasteiger partial charge in [0.25, 0.3) is 5.91 Å². The standard InChI is InChI=1S/C11H20N4O3S/c1-7-9(19(12,17)18)8(15-14-7)10(16)13-6-5-11(2,3)4/h5-6H2,1-4H3,(H,13,16)(H,14,15)(H2,12,17,18). The van der Waals surface area contributed by atoms with Crippen molar-refractivity contribution in [3.8, 4) is 0 Å². The van der Waals surface area contributed by atoms with Crippen LogP contribution in [0, 0.1) is 12.3 Å². The zero-order valence-electron chi connectivity index (χ0n) is 11.6. The van der Waals surface area contributed by atoms with Crippen molar-refractivity contribution in [3.05, 3.63) is 11.4 Å². The van der Waals surface area contributed by atoms with Crippen molar-refractivity contribution in [2.45, 2.75) is 39.0 Å². The normalized spacial score (nSPS) is 12.5. The highest BCUT2D eigenvalue weighted by molar-refractivity contribution is 7.89. The van der Waals surface area contributed by atoms with Gasteiger partial charge in [-0.15, -0.1) is 0 Å². The molecule has 1 amide bonds. The van der Waals surface area contributed by atoms with E-state index >= 15 is 0 Å². The molecule has 8 heteroatoms. The molecule has 0 radical (unpaired) electrons. The molecule has 4 N–H and O–H groups in total. The van der Waals surface area contributed by atoms with Crippen molar-refractivity contribution in [3.63, 3.8) is 0 Å². The van der Waals surface area contributed by atoms with E-state index in [1.54, 1.807) is 0 Å². The van der Waals surface area contributed by atoms with Gasteiger partial charge in [0, 0.05) is 6.54 Å². The number of hydrogen-bond acceptors (Lipinski definition) is 4. The van der Waals surface area contributed by atoms with E-state index in [0.717, 1.165) is 6.42 Å². The average molecular weight is 288 g/mol. The van der Waals surface area contributed by atoms with Gasteiger partial charge in [-0.05, 0) is 18.8 Å². The second-order valence-electron chi connectivity index (χ2n) is 5.64. The number of rotatable bonds is 4. The summed E-state index contributed by atoms with van der Waals surface area (Å²) in [6, 6.07) is 0. The minimum absolute atomic E-state index is 0.0809. The number of hydrogen-bond donors (Lipinski definition) is 3. The van der Waals surface area contributed by atoms with Crippen LogP contribution in [0.25, 0.3) is 0 Å². The lowest BCUT2D eigenvalue weighted by atomic mass is 9.92. The summed E-state index contributed by atoms with van der Waals surface area (Å²) >= 11 is 0. The summed E-state index contributed by atoms with van der Waals surface area (Å²) in [4.78, 5) is 11.6. The number of carbonyl (C=O) groups excluding carboxylic acids is 1. The highest BCUT2D eigenvalue weighted by Gasteiger charge is 2.25. The Morgan fingerprint density at radius 1 is 1.42 bits per heavy atom. The van der Waals surface area contributed by atoms with Crippen LogP contribution in [0.3, 0.4) is 0 Å². The van der Waals surface area contributed by atoms with Crippen LogP contribution in [0.5, 0.6) is 0 Å². The number of aromatic amines is 1. The first-order valence-electron chi connectivity index (χ1n) is 5.88. The van der Waals surface area contributed by atoms with Crippen LogP contribution in [0.1, 0.15) is 43.4 Å². The quantitative estimate of drug-likeness (QED) is 0.749. The van der Waals surface area contributed by atoms with Crippen molar-refractivity contribution in [1.29, 1.82) is 0 Å². The predicted molar refractivity (Wildman–Crippen MR) is 71.1 cm³/mol. The molecule has 19 heavy (non-hydrogen) atoms. The summed E-state index contributed by atoms with van der Waals surface area (Å²) in [5, 5.41) is 13.9. The SMILES string of the molecule is Cc1[nH]nc(C(=O)NCCC(C)(C)C)c1S(N)(=O)=O. The van der Waals surface area contributed by atoms with Crippen LogP contribution in [0.15, 0.2) is 4.90 Å². The molecule has 0 aliphatic carbocycles. The molecule has 1 aromatic rings. The smallest absolute Gasteiger partial charge is 0.273 e. The van der Waals surface area contributed by atoms with E-state index in [0.29, 0.717) is 6.54 Å². The number of amides is 1. The van der Waals surface area contributed by atoms with Crippen LogP contribution >= 0.6 is 0 Å². The van der Waals surface area contributed by atoms with Gasteiger partial charge in [0.15, 0.2) is 5.69 Å². The van der Waals surface area contributed by atoms with Gasteiger partial charge in [-0.3, -0.25) is 9.89 Å². The molecule has 0 spiro atoms. The molecule has 0 saturated carbocycles. The van der Waals surface area contributed by atoms with Crippen molar-refractivity contribution in [2.75, 3.05) is 6.54 Å². The fourth-order valence-corrected chi connectivity index (χ4v) is 2.44. The van der Waals surface area contributed by atoms with Crippen LogP contribution < -0.4 is 10.5 Å². The molecule has 108 valence electrons. The summed E-state index contributed by atoms with van der Waals surface area (Å²) in [5.41, 5.74) is 0.148. The maximum atomic E-state index is 11.9. The van der Waals surface area contributed by atoms with Gasteiger partial charge in [0.1, 0.15) is 4.90 Å². The molecular formula is C11H20N4O3S. The fraction of sp³-hybridized carbons (Fsp3) is 0.636. The predicted octanol–water partition coefficient (Wildman–Crippen LogP) is 0.532.